The Morgan fingerprint density at radius 3 is 1.33 bits per heavy atom. The molecule has 73 heavy (non-hydrogen) atoms. The zero-order valence-corrected chi connectivity index (χ0v) is 37.9. The van der Waals surface area contributed by atoms with Crippen molar-refractivity contribution in [3.05, 3.63) is 140 Å². The fraction of sp³-hybridized carbons (Fsp3) is 0.156. The van der Waals surface area contributed by atoms with E-state index < -0.39 is 141 Å². The Morgan fingerprint density at radius 2 is 0.959 bits per heavy atom. The Balaban J connectivity index is 0.000000291. The number of esters is 1. The highest BCUT2D eigenvalue weighted by atomic mass is 35.5. The first-order valence-electron chi connectivity index (χ1n) is 22.3. The van der Waals surface area contributed by atoms with Crippen LogP contribution >= 0.6 is 23.2 Å². The number of alkyl halides is 6. The average Bonchev–Trinajstić information content (AvgIpc) is 3.37. The number of aromatic nitrogens is 2. The average molecular weight is 1080 g/mol. The molecular formula is C45H31Cl2F10N5O11. The van der Waals surface area contributed by atoms with Crippen LogP contribution in [0.1, 0.15) is 61.0 Å². The number of hydrogen-bond acceptors (Lipinski definition) is 13. The number of nitrogens with zero attached hydrogens (tertiary/aromatic N) is 2. The summed E-state index contributed by atoms with van der Waals surface area (Å²) in [5.41, 5.74) is 3.63. The molecule has 2 heterocycles. The number of methoxy groups -OCH3 is 3. The largest absolute Gasteiger partial charge is 0.573 e. The second-order valence-corrected chi connectivity index (χ2v) is 14.7. The van der Waals surface area contributed by atoms with E-state index in [-0.39, 0.29) is 22.8 Å². The quantitative estimate of drug-likeness (QED) is 0.0686. The molecule has 386 valence electrons. The monoisotopic (exact) mass is 1080 g/mol. The number of rotatable bonds is 14. The lowest BCUT2D eigenvalue weighted by atomic mass is 10.1. The van der Waals surface area contributed by atoms with Crippen molar-refractivity contribution in [2.75, 3.05) is 31.8 Å². The second-order valence-electron chi connectivity index (χ2n) is 13.9. The number of carbonyl (C=O) groups excluding carboxylic acids is 4. The van der Waals surface area contributed by atoms with Crippen molar-refractivity contribution in [1.82, 2.24) is 9.97 Å². The van der Waals surface area contributed by atoms with Gasteiger partial charge in [-0.25, -0.2) is 18.6 Å². The molecule has 0 radical (unpaired) electrons. The highest BCUT2D eigenvalue weighted by molar-refractivity contribution is 6.31. The van der Waals surface area contributed by atoms with Crippen LogP contribution < -0.4 is 44.8 Å². The lowest BCUT2D eigenvalue weighted by Crippen LogP contribution is -2.18. The van der Waals surface area contributed by atoms with Crippen molar-refractivity contribution in [2.24, 2.45) is 5.73 Å². The summed E-state index contributed by atoms with van der Waals surface area (Å²) in [7, 11) is -5.66. The number of anilines is 2. The third kappa shape index (κ3) is 13.6. The molecule has 3 amide bonds. The number of benzene rings is 4. The summed E-state index contributed by atoms with van der Waals surface area (Å²) >= 11 is 11.6. The van der Waals surface area contributed by atoms with E-state index in [2.05, 4.69) is 44.3 Å². The number of ether oxygens (including phenoxy) is 7. The predicted octanol–water partition coefficient (Wildman–Crippen LogP) is 11.4. The van der Waals surface area contributed by atoms with Gasteiger partial charge in [-0.3, -0.25) is 19.4 Å². The van der Waals surface area contributed by atoms with Crippen molar-refractivity contribution < 1.29 is 104 Å². The van der Waals surface area contributed by atoms with Crippen LogP contribution in [0.5, 0.6) is 46.0 Å². The van der Waals surface area contributed by atoms with E-state index >= 15 is 8.78 Å². The Bertz CT molecular complexity index is 3360. The molecule has 2 aromatic heterocycles. The van der Waals surface area contributed by atoms with E-state index in [0.29, 0.717) is 35.4 Å². The third-order valence-electron chi connectivity index (χ3n) is 9.06. The van der Waals surface area contributed by atoms with Crippen molar-refractivity contribution >= 4 is 58.3 Å². The number of pyridine rings is 2. The number of amides is 3. The van der Waals surface area contributed by atoms with Crippen LogP contribution in [-0.4, -0.2) is 67.6 Å². The molecule has 0 aliphatic rings. The fourth-order valence-electron chi connectivity index (χ4n) is 5.73. The molecule has 0 atom stereocenters. The van der Waals surface area contributed by atoms with Gasteiger partial charge in [0.05, 0.1) is 39.5 Å². The van der Waals surface area contributed by atoms with Crippen molar-refractivity contribution in [3.63, 3.8) is 0 Å². The molecule has 6 rings (SSSR count). The lowest BCUT2D eigenvalue weighted by Gasteiger charge is -2.17. The molecule has 0 saturated heterocycles. The Labute approximate surface area is 422 Å². The van der Waals surface area contributed by atoms with Gasteiger partial charge in [-0.05, 0) is 85.6 Å². The summed E-state index contributed by atoms with van der Waals surface area (Å²) < 4.78 is 210. The van der Waals surface area contributed by atoms with E-state index in [1.807, 2.05) is 0 Å². The summed E-state index contributed by atoms with van der Waals surface area (Å²) in [5, 5.41) is 3.53. The highest BCUT2D eigenvalue weighted by Gasteiger charge is 2.35. The summed E-state index contributed by atoms with van der Waals surface area (Å²) in [4.78, 5) is 57.0. The molecule has 0 saturated carbocycles. The lowest BCUT2D eigenvalue weighted by molar-refractivity contribution is -0.276. The third-order valence-corrected chi connectivity index (χ3v) is 9.65. The van der Waals surface area contributed by atoms with Crippen LogP contribution in [0.15, 0.2) is 73.1 Å². The van der Waals surface area contributed by atoms with Crippen molar-refractivity contribution in [2.45, 2.75) is 26.6 Å². The SMILES string of the molecule is [2H]C([2H])([2H])Oc1c(Oc2ccc(Cl)c(F)c2C(=O)Nc2cc(C(=O)OC)ncc2C)ccc(OC(F)(F)F)c1F.[2H]C([2H])([2H])Oc1c(Oc2ccc(Cl)c(F)c2C(=O)Nc2cc(C(N)=O)ncc2C)ccc(OC(F)(F)F)c1F. The van der Waals surface area contributed by atoms with Gasteiger partial charge in [0.2, 0.25) is 23.1 Å². The minimum atomic E-state index is -5.34. The van der Waals surface area contributed by atoms with Crippen LogP contribution in [0, 0.1) is 37.1 Å². The van der Waals surface area contributed by atoms with Gasteiger partial charge < -0.3 is 49.5 Å². The maximum absolute atomic E-state index is 15.1. The molecule has 0 aliphatic heterocycles. The Kier molecular flexibility index (Phi) is 14.8. The molecule has 4 N–H and O–H groups in total. The van der Waals surface area contributed by atoms with Crippen molar-refractivity contribution in [3.8, 4) is 46.0 Å². The molecule has 0 bridgehead atoms. The minimum absolute atomic E-state index is 0.00292. The standard InChI is InChI=1S/C23H16ClF5N2O6.C22H15ClF5N3O5/c1-10-9-30-13(22(33)35-3)8-12(10)31-21(32)17-14(5-4-11(24)18(17)25)36-16-7-6-15(37-23(27,28)29)19(26)20(16)34-2;1-9-8-30-12(20(29)32)7-11(9)31-21(33)16-13(4-3-10(23)17(16)24)35-15-6-5-14(36-22(26,27)28)18(25)19(15)34-2/h4-9H,1-3H3,(H,30,31,32);3-8H,1-2H3,(H2,29,32)(H,30,31,33)/i2*2D3. The maximum atomic E-state index is 15.1. The van der Waals surface area contributed by atoms with Crippen LogP contribution in [0.2, 0.25) is 10.0 Å². The normalized spacial score (nSPS) is 12.6. The minimum Gasteiger partial charge on any atom is -0.490 e. The first-order valence-corrected chi connectivity index (χ1v) is 20.0. The van der Waals surface area contributed by atoms with Gasteiger partial charge in [0.25, 0.3) is 17.7 Å². The summed E-state index contributed by atoms with van der Waals surface area (Å²) in [5.74, 6) is -19.3. The number of primary amides is 1. The summed E-state index contributed by atoms with van der Waals surface area (Å²) in [6, 6.07) is 8.22. The van der Waals surface area contributed by atoms with Gasteiger partial charge in [-0.15, -0.1) is 26.3 Å². The van der Waals surface area contributed by atoms with Gasteiger partial charge in [0.15, 0.2) is 34.6 Å². The maximum Gasteiger partial charge on any atom is 0.573 e. The molecule has 28 heteroatoms. The highest BCUT2D eigenvalue weighted by Crippen LogP contribution is 2.43. The Hall–Kier alpha value is -8.26. The molecule has 6 aromatic rings. The molecule has 0 unspecified atom stereocenters. The number of halogens is 12. The number of nitrogens with two attached hydrogens (primary N) is 1. The Morgan fingerprint density at radius 1 is 0.589 bits per heavy atom. The van der Waals surface area contributed by atoms with Crippen LogP contribution in [0.3, 0.4) is 0 Å². The van der Waals surface area contributed by atoms with Gasteiger partial charge in [0, 0.05) is 23.8 Å². The molecular weight excluding hydrogens is 1050 g/mol. The molecule has 0 spiro atoms. The fourth-order valence-corrected chi connectivity index (χ4v) is 6.05. The summed E-state index contributed by atoms with van der Waals surface area (Å²) in [6.45, 7) is 2.99. The molecule has 0 fully saturated rings. The van der Waals surface area contributed by atoms with E-state index in [4.69, 9.17) is 46.6 Å². The molecule has 0 aliphatic carbocycles. The number of aryl methyl sites for hydroxylation is 2. The topological polar surface area (TPSA) is 209 Å². The first-order chi connectivity index (χ1) is 36.5. The predicted molar refractivity (Wildman–Crippen MR) is 236 cm³/mol. The van der Waals surface area contributed by atoms with E-state index in [0.717, 1.165) is 43.5 Å². The van der Waals surface area contributed by atoms with E-state index in [9.17, 15) is 54.3 Å². The van der Waals surface area contributed by atoms with E-state index in [1.165, 1.54) is 26.2 Å². The zero-order valence-electron chi connectivity index (χ0n) is 42.4. The van der Waals surface area contributed by atoms with Gasteiger partial charge in [-0.1, -0.05) is 23.2 Å². The van der Waals surface area contributed by atoms with Crippen LogP contribution in [-0.2, 0) is 4.74 Å². The number of nitrogens with one attached hydrogen (secondary N) is 2. The van der Waals surface area contributed by atoms with Crippen LogP contribution in [0.25, 0.3) is 0 Å². The first kappa shape index (κ1) is 47.1. The molecule has 4 aromatic carbocycles. The number of carbonyl (C=O) groups is 4. The smallest absolute Gasteiger partial charge is 0.490 e. The molecule has 16 nitrogen and oxygen atoms in total. The zero-order chi connectivity index (χ0) is 59.3. The summed E-state index contributed by atoms with van der Waals surface area (Å²) in [6.07, 6.45) is -8.26. The van der Waals surface area contributed by atoms with Gasteiger partial charge in [-0.2, -0.15) is 8.78 Å². The second kappa shape index (κ2) is 22.9. The van der Waals surface area contributed by atoms with E-state index in [1.54, 1.807) is 0 Å². The van der Waals surface area contributed by atoms with Gasteiger partial charge >= 0.3 is 18.7 Å². The van der Waals surface area contributed by atoms with Gasteiger partial charge in [0.1, 0.15) is 34.0 Å². The van der Waals surface area contributed by atoms with Crippen LogP contribution in [0.4, 0.5) is 55.3 Å². The number of hydrogen-bond donors (Lipinski definition) is 3. The van der Waals surface area contributed by atoms with Crippen molar-refractivity contribution in [1.29, 1.82) is 0 Å².